The number of hydrogen-bond donors (Lipinski definition) is 0. The summed E-state index contributed by atoms with van der Waals surface area (Å²) in [7, 11) is 0. The van der Waals surface area contributed by atoms with E-state index in [9.17, 15) is 14.0 Å². The van der Waals surface area contributed by atoms with Gasteiger partial charge in [0.2, 0.25) is 0 Å². The van der Waals surface area contributed by atoms with Crippen molar-refractivity contribution in [2.75, 3.05) is 19.6 Å². The van der Waals surface area contributed by atoms with Gasteiger partial charge in [0, 0.05) is 29.9 Å². The minimum Gasteiger partial charge on any atom is -0.444 e. The van der Waals surface area contributed by atoms with Crippen molar-refractivity contribution in [3.05, 3.63) is 59.4 Å². The van der Waals surface area contributed by atoms with E-state index in [-0.39, 0.29) is 30.6 Å². The molecule has 7 nitrogen and oxygen atoms in total. The Bertz CT molecular complexity index is 1350. The lowest BCUT2D eigenvalue weighted by atomic mass is 9.87. The Morgan fingerprint density at radius 2 is 1.86 bits per heavy atom. The second-order valence-electron chi connectivity index (χ2n) is 10.9. The summed E-state index contributed by atoms with van der Waals surface area (Å²) in [6.07, 6.45) is 2.76. The van der Waals surface area contributed by atoms with Crippen LogP contribution in [0.15, 0.2) is 36.7 Å². The van der Waals surface area contributed by atoms with Gasteiger partial charge in [0.05, 0.1) is 30.4 Å². The van der Waals surface area contributed by atoms with Crippen LogP contribution in [0.5, 0.6) is 0 Å². The number of carbonyl (C=O) groups is 2. The minimum absolute atomic E-state index is 0.0832. The van der Waals surface area contributed by atoms with Crippen LogP contribution in [0.4, 0.5) is 13.6 Å². The summed E-state index contributed by atoms with van der Waals surface area (Å²) in [4.78, 5) is 33.3. The molecule has 0 aliphatic carbocycles. The Labute approximate surface area is 216 Å². The van der Waals surface area contributed by atoms with Gasteiger partial charge in [0.15, 0.2) is 5.67 Å². The quantitative estimate of drug-likeness (QED) is 0.438. The molecule has 0 N–H and O–H groups in total. The minimum atomic E-state index is -1.81. The normalized spacial score (nSPS) is 15.1. The highest BCUT2D eigenvalue weighted by Gasteiger charge is 2.49. The first-order valence-electron chi connectivity index (χ1n) is 12.5. The fourth-order valence-corrected chi connectivity index (χ4v) is 4.71. The van der Waals surface area contributed by atoms with E-state index in [0.29, 0.717) is 34.6 Å². The number of likely N-dealkylation sites (tertiary alicyclic amines) is 1. The zero-order valence-corrected chi connectivity index (χ0v) is 22.4. The van der Waals surface area contributed by atoms with Crippen molar-refractivity contribution in [3.63, 3.8) is 0 Å². The molecule has 0 bridgehead atoms. The largest absolute Gasteiger partial charge is 0.444 e. The van der Waals surface area contributed by atoms with Gasteiger partial charge in [-0.3, -0.25) is 4.79 Å². The first kappa shape index (κ1) is 26.6. The molecule has 3 aromatic rings. The molecule has 3 heterocycles. The van der Waals surface area contributed by atoms with Crippen molar-refractivity contribution < 1.29 is 23.1 Å². The highest BCUT2D eigenvalue weighted by Crippen LogP contribution is 2.40. The predicted molar refractivity (Wildman–Crippen MR) is 138 cm³/mol. The van der Waals surface area contributed by atoms with E-state index in [1.165, 1.54) is 17.0 Å². The SMILES string of the molecule is CCN(C(=O)c1cc(F)ccc1-c1cc(C2(F)CN(C(=O)OC(C)(C)C)C2)cn2c(C)ncc12)C(C)C. The number of ether oxygens (including phenoxy) is 1. The monoisotopic (exact) mass is 512 g/mol. The summed E-state index contributed by atoms with van der Waals surface area (Å²) in [5, 5.41) is 0. The second kappa shape index (κ2) is 9.43. The van der Waals surface area contributed by atoms with Gasteiger partial charge in [0.1, 0.15) is 17.2 Å². The van der Waals surface area contributed by atoms with Crippen molar-refractivity contribution >= 4 is 17.5 Å². The van der Waals surface area contributed by atoms with Gasteiger partial charge in [-0.1, -0.05) is 6.07 Å². The molecule has 198 valence electrons. The molecule has 2 amide bonds. The van der Waals surface area contributed by atoms with Gasteiger partial charge in [-0.15, -0.1) is 0 Å². The Hall–Kier alpha value is -3.49. The molecule has 0 spiro atoms. The Morgan fingerprint density at radius 1 is 1.19 bits per heavy atom. The van der Waals surface area contributed by atoms with Crippen molar-refractivity contribution in [1.29, 1.82) is 0 Å². The molecule has 1 fully saturated rings. The van der Waals surface area contributed by atoms with Crippen molar-refractivity contribution in [2.24, 2.45) is 0 Å². The van der Waals surface area contributed by atoms with Crippen LogP contribution in [0.1, 0.15) is 63.3 Å². The van der Waals surface area contributed by atoms with E-state index < -0.39 is 23.2 Å². The molecule has 1 aliphatic rings. The maximum Gasteiger partial charge on any atom is 0.410 e. The van der Waals surface area contributed by atoms with Gasteiger partial charge in [-0.25, -0.2) is 18.6 Å². The molecule has 0 radical (unpaired) electrons. The number of nitrogens with zero attached hydrogens (tertiary/aromatic N) is 4. The van der Waals surface area contributed by atoms with Crippen LogP contribution in [0, 0.1) is 12.7 Å². The summed E-state index contributed by atoms with van der Waals surface area (Å²) in [5.41, 5.74) is -0.229. The van der Waals surface area contributed by atoms with Crippen molar-refractivity contribution in [1.82, 2.24) is 19.2 Å². The fraction of sp³-hybridized carbons (Fsp3) is 0.464. The summed E-state index contributed by atoms with van der Waals surface area (Å²) in [6, 6.07) is 5.67. The lowest BCUT2D eigenvalue weighted by Crippen LogP contribution is -2.59. The molecular weight excluding hydrogens is 478 g/mol. The standard InChI is InChI=1S/C28H34F2N4O3/c1-8-33(17(2)3)25(35)23-12-20(29)9-10-21(23)22-11-19(14-34-18(4)31-13-24(22)34)28(30)15-32(16-28)26(36)37-27(5,6)7/h9-14,17H,8,15-16H2,1-7H3. The van der Waals surface area contributed by atoms with Crippen LogP contribution < -0.4 is 0 Å². The molecule has 1 saturated heterocycles. The number of aromatic nitrogens is 2. The number of fused-ring (bicyclic) bond motifs is 1. The van der Waals surface area contributed by atoms with Gasteiger partial charge in [0.25, 0.3) is 5.91 Å². The first-order chi connectivity index (χ1) is 17.2. The van der Waals surface area contributed by atoms with Crippen LogP contribution in [0.2, 0.25) is 0 Å². The van der Waals surface area contributed by atoms with Crippen molar-refractivity contribution in [3.8, 4) is 11.1 Å². The Balaban J connectivity index is 1.80. The average Bonchev–Trinajstić information content (AvgIpc) is 3.16. The number of amides is 2. The number of carbonyl (C=O) groups excluding carboxylic acids is 2. The van der Waals surface area contributed by atoms with E-state index in [2.05, 4.69) is 4.98 Å². The number of rotatable bonds is 5. The molecule has 1 aromatic carbocycles. The Morgan fingerprint density at radius 3 is 2.46 bits per heavy atom. The third-order valence-electron chi connectivity index (χ3n) is 6.60. The van der Waals surface area contributed by atoms with E-state index >= 15 is 4.39 Å². The smallest absolute Gasteiger partial charge is 0.410 e. The average molecular weight is 513 g/mol. The second-order valence-corrected chi connectivity index (χ2v) is 10.9. The van der Waals surface area contributed by atoms with E-state index in [1.54, 1.807) is 61.5 Å². The molecule has 9 heteroatoms. The van der Waals surface area contributed by atoms with Crippen molar-refractivity contribution in [2.45, 2.75) is 65.8 Å². The molecule has 0 saturated carbocycles. The van der Waals surface area contributed by atoms with Crippen LogP contribution in [0.25, 0.3) is 16.6 Å². The molecular formula is C28H34F2N4O3. The van der Waals surface area contributed by atoms with Crippen LogP contribution in [-0.2, 0) is 10.4 Å². The predicted octanol–water partition coefficient (Wildman–Crippen LogP) is 5.73. The molecule has 4 rings (SSSR count). The Kier molecular flexibility index (Phi) is 6.77. The summed E-state index contributed by atoms with van der Waals surface area (Å²) >= 11 is 0. The summed E-state index contributed by atoms with van der Waals surface area (Å²) in [6.45, 7) is 12.9. The number of benzene rings is 1. The number of aryl methyl sites for hydroxylation is 1. The molecule has 0 atom stereocenters. The number of pyridine rings is 1. The molecule has 37 heavy (non-hydrogen) atoms. The number of hydrogen-bond acceptors (Lipinski definition) is 4. The maximum absolute atomic E-state index is 16.1. The zero-order valence-electron chi connectivity index (χ0n) is 22.4. The maximum atomic E-state index is 16.1. The van der Waals surface area contributed by atoms with Gasteiger partial charge < -0.3 is 18.9 Å². The topological polar surface area (TPSA) is 67.2 Å². The highest BCUT2D eigenvalue weighted by atomic mass is 19.1. The van der Waals surface area contributed by atoms with Gasteiger partial charge in [-0.2, -0.15) is 0 Å². The highest BCUT2D eigenvalue weighted by molar-refractivity contribution is 6.03. The van der Waals surface area contributed by atoms with Gasteiger partial charge >= 0.3 is 6.09 Å². The molecule has 2 aromatic heterocycles. The first-order valence-corrected chi connectivity index (χ1v) is 12.5. The number of alkyl halides is 1. The zero-order chi connectivity index (χ0) is 27.3. The molecule has 0 unspecified atom stereocenters. The van der Waals surface area contributed by atoms with E-state index in [0.717, 1.165) is 0 Å². The number of imidazole rings is 1. The third-order valence-corrected chi connectivity index (χ3v) is 6.60. The van der Waals surface area contributed by atoms with Gasteiger partial charge in [-0.05, 0) is 72.2 Å². The number of halogens is 2. The fourth-order valence-electron chi connectivity index (χ4n) is 4.71. The lowest BCUT2D eigenvalue weighted by molar-refractivity contribution is -0.0539. The summed E-state index contributed by atoms with van der Waals surface area (Å²) in [5.74, 6) is -0.198. The van der Waals surface area contributed by atoms with Crippen LogP contribution in [-0.4, -0.2) is 62.5 Å². The lowest BCUT2D eigenvalue weighted by Gasteiger charge is -2.44. The van der Waals surface area contributed by atoms with Crippen LogP contribution in [0.3, 0.4) is 0 Å². The van der Waals surface area contributed by atoms with Crippen LogP contribution >= 0.6 is 0 Å². The summed E-state index contributed by atoms with van der Waals surface area (Å²) < 4.78 is 37.7. The molecule has 1 aliphatic heterocycles. The van der Waals surface area contributed by atoms with E-state index in [4.69, 9.17) is 4.74 Å². The third kappa shape index (κ3) is 5.04. The van der Waals surface area contributed by atoms with E-state index in [1.807, 2.05) is 20.8 Å².